The molecule has 0 saturated carbocycles. The zero-order chi connectivity index (χ0) is 15.4. The van der Waals surface area contributed by atoms with Gasteiger partial charge in [-0.3, -0.25) is 0 Å². The first-order valence-corrected chi connectivity index (χ1v) is 6.90. The van der Waals surface area contributed by atoms with Crippen LogP contribution in [0.3, 0.4) is 0 Å². The van der Waals surface area contributed by atoms with Gasteiger partial charge in [-0.1, -0.05) is 6.08 Å². The first-order chi connectivity index (χ1) is 10.7. The number of rotatable bonds is 4. The van der Waals surface area contributed by atoms with Crippen molar-refractivity contribution in [2.45, 2.75) is 6.42 Å². The number of benzene rings is 2. The van der Waals surface area contributed by atoms with Crippen LogP contribution < -0.4 is 20.9 Å². The van der Waals surface area contributed by atoms with Crippen LogP contribution in [0, 0.1) is 12.2 Å². The van der Waals surface area contributed by atoms with Gasteiger partial charge in [0.1, 0.15) is 17.3 Å². The van der Waals surface area contributed by atoms with E-state index in [0.29, 0.717) is 23.6 Å². The lowest BCUT2D eigenvalue weighted by molar-refractivity contribution is 0.311. The second-order valence-corrected chi connectivity index (χ2v) is 4.89. The topological polar surface area (TPSA) is 70.5 Å². The minimum Gasteiger partial charge on any atom is -0.478 e. The summed E-state index contributed by atoms with van der Waals surface area (Å²) in [6.07, 6.45) is 8.04. The lowest BCUT2D eigenvalue weighted by Gasteiger charge is -2.19. The second kappa shape index (κ2) is 6.26. The van der Waals surface area contributed by atoms with Crippen LogP contribution in [0.5, 0.6) is 11.5 Å². The summed E-state index contributed by atoms with van der Waals surface area (Å²) in [5.74, 6) is 2.15. The molecule has 0 saturated heterocycles. The van der Waals surface area contributed by atoms with E-state index in [-0.39, 0.29) is 0 Å². The minimum absolute atomic E-state index is 0.533. The van der Waals surface area contributed by atoms with Crippen molar-refractivity contribution >= 4 is 11.4 Å². The third-order valence-electron chi connectivity index (χ3n) is 3.10. The van der Waals surface area contributed by atoms with E-state index in [1.807, 2.05) is 30.3 Å². The summed E-state index contributed by atoms with van der Waals surface area (Å²) in [4.78, 5) is 0. The smallest absolute Gasteiger partial charge is 0.178 e. The number of hydrogen-bond donors (Lipinski definition) is 2. The summed E-state index contributed by atoms with van der Waals surface area (Å²) in [6.45, 7) is 0. The van der Waals surface area contributed by atoms with Crippen molar-refractivity contribution in [1.29, 1.82) is 0 Å². The summed E-state index contributed by atoms with van der Waals surface area (Å²) in [7, 11) is 0. The van der Waals surface area contributed by atoms with Crippen molar-refractivity contribution in [3.63, 3.8) is 0 Å². The lowest BCUT2D eigenvalue weighted by Crippen LogP contribution is -2.11. The average Bonchev–Trinajstić information content (AvgIpc) is 2.52. The van der Waals surface area contributed by atoms with Gasteiger partial charge in [0.25, 0.3) is 0 Å². The fourth-order valence-corrected chi connectivity index (χ4v) is 2.00. The zero-order valence-corrected chi connectivity index (χ0v) is 12.0. The standard InChI is InChI=1S/C18H16N2O2/c19-13-4-8-15(9-5-13)21-17-2-1-3-18(12-17)22-16-10-6-14(20)7-11-16/h1-2,4-11H,12,19-20H2. The van der Waals surface area contributed by atoms with Gasteiger partial charge >= 0.3 is 0 Å². The molecule has 0 fully saturated rings. The summed E-state index contributed by atoms with van der Waals surface area (Å²) < 4.78 is 11.6. The van der Waals surface area contributed by atoms with E-state index in [1.165, 1.54) is 0 Å². The molecule has 0 amide bonds. The molecular weight excluding hydrogens is 276 g/mol. The van der Waals surface area contributed by atoms with E-state index in [1.54, 1.807) is 30.3 Å². The van der Waals surface area contributed by atoms with Crippen LogP contribution >= 0.6 is 0 Å². The van der Waals surface area contributed by atoms with Crippen molar-refractivity contribution in [3.05, 3.63) is 78.6 Å². The van der Waals surface area contributed by atoms with Gasteiger partial charge in [-0.05, 0) is 54.6 Å². The molecule has 1 aliphatic rings. The van der Waals surface area contributed by atoms with Crippen LogP contribution in [0.25, 0.3) is 0 Å². The van der Waals surface area contributed by atoms with Gasteiger partial charge in [-0.15, -0.1) is 0 Å². The first kappa shape index (κ1) is 14.1. The summed E-state index contributed by atoms with van der Waals surface area (Å²) in [5, 5.41) is 0. The Kier molecular flexibility index (Phi) is 4.01. The van der Waals surface area contributed by atoms with Crippen LogP contribution in [-0.4, -0.2) is 0 Å². The Morgan fingerprint density at radius 1 is 0.773 bits per heavy atom. The highest BCUT2D eigenvalue weighted by molar-refractivity contribution is 5.43. The number of ether oxygens (including phenoxy) is 2. The van der Waals surface area contributed by atoms with Gasteiger partial charge in [0, 0.05) is 17.5 Å². The van der Waals surface area contributed by atoms with E-state index in [2.05, 4.69) is 6.08 Å². The Hall–Kier alpha value is -2.88. The van der Waals surface area contributed by atoms with Gasteiger partial charge in [0.15, 0.2) is 6.10 Å². The highest BCUT2D eigenvalue weighted by Crippen LogP contribution is 2.27. The Bertz CT molecular complexity index is 688. The number of nitrogens with two attached hydrogens (primary N) is 2. The van der Waals surface area contributed by atoms with Crippen LogP contribution in [0.15, 0.2) is 66.4 Å². The largest absolute Gasteiger partial charge is 0.478 e. The van der Waals surface area contributed by atoms with Crippen molar-refractivity contribution in [2.24, 2.45) is 0 Å². The number of allylic oxidation sites excluding steroid dienone is 2. The third kappa shape index (κ3) is 3.61. The van der Waals surface area contributed by atoms with E-state index in [0.717, 1.165) is 17.6 Å². The van der Waals surface area contributed by atoms with Crippen LogP contribution in [-0.2, 0) is 0 Å². The molecule has 0 unspecified atom stereocenters. The summed E-state index contributed by atoms with van der Waals surface area (Å²) >= 11 is 0. The van der Waals surface area contributed by atoms with Crippen molar-refractivity contribution in [3.8, 4) is 11.5 Å². The Labute approximate surface area is 129 Å². The molecule has 4 N–H and O–H groups in total. The molecule has 0 bridgehead atoms. The Morgan fingerprint density at radius 3 is 1.91 bits per heavy atom. The maximum atomic E-state index is 5.81. The SMILES string of the molecule is Nc1ccc(O[C]2C=C[C]=C(Oc3ccc(N)cc3)C2)cc1. The van der Waals surface area contributed by atoms with Gasteiger partial charge in [-0.25, -0.2) is 0 Å². The Morgan fingerprint density at radius 2 is 1.32 bits per heavy atom. The Balaban J connectivity index is 1.61. The zero-order valence-electron chi connectivity index (χ0n) is 12.0. The number of anilines is 2. The quantitative estimate of drug-likeness (QED) is 0.846. The van der Waals surface area contributed by atoms with Crippen LogP contribution in [0.1, 0.15) is 6.42 Å². The average molecular weight is 292 g/mol. The van der Waals surface area contributed by atoms with Crippen LogP contribution in [0.4, 0.5) is 11.4 Å². The maximum Gasteiger partial charge on any atom is 0.178 e. The van der Waals surface area contributed by atoms with Gasteiger partial charge in [0.2, 0.25) is 0 Å². The molecule has 4 nitrogen and oxygen atoms in total. The molecule has 0 spiro atoms. The second-order valence-electron chi connectivity index (χ2n) is 4.89. The van der Waals surface area contributed by atoms with Crippen molar-refractivity contribution in [2.75, 3.05) is 11.5 Å². The third-order valence-corrected chi connectivity index (χ3v) is 3.10. The summed E-state index contributed by atoms with van der Waals surface area (Å²) in [5.41, 5.74) is 12.7. The van der Waals surface area contributed by atoms with E-state index >= 15 is 0 Å². The predicted octanol–water partition coefficient (Wildman–Crippen LogP) is 3.49. The molecule has 0 aromatic heterocycles. The molecule has 0 aliphatic heterocycles. The van der Waals surface area contributed by atoms with Gasteiger partial charge in [-0.2, -0.15) is 0 Å². The fraction of sp³-hybridized carbons (Fsp3) is 0.0556. The van der Waals surface area contributed by atoms with Gasteiger partial charge < -0.3 is 20.9 Å². The monoisotopic (exact) mass is 292 g/mol. The van der Waals surface area contributed by atoms with Crippen molar-refractivity contribution in [1.82, 2.24) is 0 Å². The van der Waals surface area contributed by atoms with Crippen LogP contribution in [0.2, 0.25) is 0 Å². The maximum absolute atomic E-state index is 5.81. The van der Waals surface area contributed by atoms with E-state index in [9.17, 15) is 0 Å². The fourth-order valence-electron chi connectivity index (χ4n) is 2.00. The molecule has 2 radical (unpaired) electrons. The molecule has 4 heteroatoms. The molecule has 2 aromatic carbocycles. The molecule has 1 aliphatic carbocycles. The highest BCUT2D eigenvalue weighted by atomic mass is 16.5. The lowest BCUT2D eigenvalue weighted by atomic mass is 10.1. The van der Waals surface area contributed by atoms with E-state index < -0.39 is 0 Å². The van der Waals surface area contributed by atoms with Gasteiger partial charge in [0.05, 0.1) is 6.42 Å². The molecular formula is C18H16N2O2. The molecule has 22 heavy (non-hydrogen) atoms. The predicted molar refractivity (Wildman–Crippen MR) is 86.7 cm³/mol. The van der Waals surface area contributed by atoms with E-state index in [4.69, 9.17) is 20.9 Å². The van der Waals surface area contributed by atoms with Crippen molar-refractivity contribution < 1.29 is 9.47 Å². The molecule has 110 valence electrons. The minimum atomic E-state index is 0.533. The molecule has 3 rings (SSSR count). The summed E-state index contributed by atoms with van der Waals surface area (Å²) in [6, 6.07) is 14.5. The molecule has 0 atom stereocenters. The number of nitrogen functional groups attached to an aromatic ring is 2. The first-order valence-electron chi connectivity index (χ1n) is 6.90. The highest BCUT2D eigenvalue weighted by Gasteiger charge is 2.16. The normalized spacial score (nSPS) is 14.5. The molecule has 2 aromatic rings. The number of hydrogen-bond acceptors (Lipinski definition) is 4. The molecule has 0 heterocycles.